The molecule has 0 fully saturated rings. The Bertz CT molecular complexity index is 192. The van der Waals surface area contributed by atoms with Crippen molar-refractivity contribution in [3.63, 3.8) is 0 Å². The fourth-order valence-corrected chi connectivity index (χ4v) is 1.35. The zero-order chi connectivity index (χ0) is 12.2. The molecule has 0 spiro atoms. The molecule has 4 heteroatoms. The maximum atomic E-state index is 11.8. The van der Waals surface area contributed by atoms with Gasteiger partial charge in [0, 0.05) is 19.1 Å². The standard InChI is InChI=1S/C12H21F2NO/c1-3-5-6-11(15-8-4-2)7-9-16-10-12(13)14/h1,11-12,15H,4-10H2,2H3. The minimum atomic E-state index is -2.38. The molecule has 1 N–H and O–H groups in total. The van der Waals surface area contributed by atoms with Crippen LogP contribution in [0.2, 0.25) is 0 Å². The van der Waals surface area contributed by atoms with Crippen LogP contribution in [-0.4, -0.2) is 32.2 Å². The van der Waals surface area contributed by atoms with E-state index in [0.29, 0.717) is 13.0 Å². The third-order valence-corrected chi connectivity index (χ3v) is 2.17. The first-order chi connectivity index (χ1) is 7.70. The molecule has 0 saturated carbocycles. The molecule has 0 amide bonds. The number of halogens is 2. The normalized spacial score (nSPS) is 12.7. The molecule has 1 unspecified atom stereocenters. The van der Waals surface area contributed by atoms with Gasteiger partial charge in [0.05, 0.1) is 0 Å². The zero-order valence-electron chi connectivity index (χ0n) is 9.85. The summed E-state index contributed by atoms with van der Waals surface area (Å²) in [6, 6.07) is 0.272. The molecule has 0 aliphatic rings. The first-order valence-electron chi connectivity index (χ1n) is 5.73. The minimum absolute atomic E-state index is 0.272. The first kappa shape index (κ1) is 15.3. The van der Waals surface area contributed by atoms with Gasteiger partial charge in [0.2, 0.25) is 0 Å². The predicted octanol–water partition coefficient (Wildman–Crippen LogP) is 2.44. The molecule has 2 nitrogen and oxygen atoms in total. The highest BCUT2D eigenvalue weighted by Crippen LogP contribution is 2.03. The predicted molar refractivity (Wildman–Crippen MR) is 61.6 cm³/mol. The monoisotopic (exact) mass is 233 g/mol. The van der Waals surface area contributed by atoms with E-state index in [9.17, 15) is 8.78 Å². The van der Waals surface area contributed by atoms with Crippen molar-refractivity contribution < 1.29 is 13.5 Å². The highest BCUT2D eigenvalue weighted by atomic mass is 19.3. The molecule has 0 aliphatic carbocycles. The van der Waals surface area contributed by atoms with Crippen molar-refractivity contribution in [2.24, 2.45) is 0 Å². The second kappa shape index (κ2) is 10.8. The lowest BCUT2D eigenvalue weighted by molar-refractivity contribution is 0.0142. The Labute approximate surface area is 96.7 Å². The van der Waals surface area contributed by atoms with Crippen LogP contribution in [0.3, 0.4) is 0 Å². The van der Waals surface area contributed by atoms with Crippen molar-refractivity contribution in [2.45, 2.75) is 45.1 Å². The maximum absolute atomic E-state index is 11.8. The van der Waals surface area contributed by atoms with Gasteiger partial charge in [0.1, 0.15) is 6.61 Å². The van der Waals surface area contributed by atoms with Gasteiger partial charge in [-0.3, -0.25) is 0 Å². The molecule has 0 rings (SSSR count). The van der Waals surface area contributed by atoms with E-state index >= 15 is 0 Å². The van der Waals surface area contributed by atoms with Crippen LogP contribution in [0, 0.1) is 12.3 Å². The topological polar surface area (TPSA) is 21.3 Å². The molecule has 16 heavy (non-hydrogen) atoms. The van der Waals surface area contributed by atoms with Crippen LogP contribution in [0.4, 0.5) is 8.78 Å². The summed E-state index contributed by atoms with van der Waals surface area (Å²) in [4.78, 5) is 0. The van der Waals surface area contributed by atoms with Gasteiger partial charge in [-0.05, 0) is 25.8 Å². The Morgan fingerprint density at radius 3 is 2.69 bits per heavy atom. The third-order valence-electron chi connectivity index (χ3n) is 2.17. The van der Waals surface area contributed by atoms with Crippen molar-refractivity contribution in [3.8, 4) is 12.3 Å². The summed E-state index contributed by atoms with van der Waals surface area (Å²) >= 11 is 0. The van der Waals surface area contributed by atoms with Gasteiger partial charge >= 0.3 is 0 Å². The minimum Gasteiger partial charge on any atom is -0.375 e. The van der Waals surface area contributed by atoms with E-state index in [1.807, 2.05) is 0 Å². The number of rotatable bonds is 10. The Morgan fingerprint density at radius 2 is 2.12 bits per heavy atom. The van der Waals surface area contributed by atoms with Gasteiger partial charge in [0.15, 0.2) is 0 Å². The summed E-state index contributed by atoms with van der Waals surface area (Å²) in [6.07, 6.45) is 6.16. The summed E-state index contributed by atoms with van der Waals surface area (Å²) in [5.74, 6) is 2.58. The van der Waals surface area contributed by atoms with Crippen molar-refractivity contribution >= 4 is 0 Å². The van der Waals surface area contributed by atoms with Gasteiger partial charge in [0.25, 0.3) is 6.43 Å². The summed E-state index contributed by atoms with van der Waals surface area (Å²) < 4.78 is 28.4. The average molecular weight is 233 g/mol. The molecule has 0 aromatic carbocycles. The van der Waals surface area contributed by atoms with E-state index in [2.05, 4.69) is 18.2 Å². The Hall–Kier alpha value is -0.660. The van der Waals surface area contributed by atoms with Crippen LogP contribution in [0.5, 0.6) is 0 Å². The van der Waals surface area contributed by atoms with Crippen molar-refractivity contribution in [1.29, 1.82) is 0 Å². The van der Waals surface area contributed by atoms with Gasteiger partial charge in [-0.2, -0.15) is 0 Å². The second-order valence-electron chi connectivity index (χ2n) is 3.65. The molecular weight excluding hydrogens is 212 g/mol. The smallest absolute Gasteiger partial charge is 0.261 e. The number of hydrogen-bond donors (Lipinski definition) is 1. The van der Waals surface area contributed by atoms with E-state index in [-0.39, 0.29) is 6.04 Å². The van der Waals surface area contributed by atoms with Gasteiger partial charge in [-0.25, -0.2) is 8.78 Å². The third kappa shape index (κ3) is 9.88. The largest absolute Gasteiger partial charge is 0.375 e. The van der Waals surface area contributed by atoms with Crippen molar-refractivity contribution in [1.82, 2.24) is 5.32 Å². The van der Waals surface area contributed by atoms with Crippen molar-refractivity contribution in [2.75, 3.05) is 19.8 Å². The van der Waals surface area contributed by atoms with Gasteiger partial charge in [-0.1, -0.05) is 6.92 Å². The molecule has 0 radical (unpaired) electrons. The van der Waals surface area contributed by atoms with E-state index in [0.717, 1.165) is 25.8 Å². The number of hydrogen-bond acceptors (Lipinski definition) is 2. The molecule has 94 valence electrons. The van der Waals surface area contributed by atoms with Crippen LogP contribution < -0.4 is 5.32 Å². The van der Waals surface area contributed by atoms with Crippen LogP contribution in [0.15, 0.2) is 0 Å². The Morgan fingerprint density at radius 1 is 1.38 bits per heavy atom. The van der Waals surface area contributed by atoms with E-state index in [1.54, 1.807) is 0 Å². The quantitative estimate of drug-likeness (QED) is 0.462. The van der Waals surface area contributed by atoms with Crippen LogP contribution in [0.1, 0.15) is 32.6 Å². The fourth-order valence-electron chi connectivity index (χ4n) is 1.35. The van der Waals surface area contributed by atoms with E-state index in [1.165, 1.54) is 0 Å². The summed E-state index contributed by atoms with van der Waals surface area (Å²) in [7, 11) is 0. The zero-order valence-corrected chi connectivity index (χ0v) is 9.85. The molecule has 0 aromatic heterocycles. The second-order valence-corrected chi connectivity index (χ2v) is 3.65. The molecule has 0 aliphatic heterocycles. The van der Waals surface area contributed by atoms with Crippen LogP contribution in [-0.2, 0) is 4.74 Å². The molecule has 0 bridgehead atoms. The number of terminal acetylenes is 1. The average Bonchev–Trinajstić information content (AvgIpc) is 2.26. The van der Waals surface area contributed by atoms with E-state index in [4.69, 9.17) is 11.2 Å². The number of nitrogens with one attached hydrogen (secondary N) is 1. The van der Waals surface area contributed by atoms with Gasteiger partial charge < -0.3 is 10.1 Å². The Kier molecular flexibility index (Phi) is 10.4. The molecule has 0 saturated heterocycles. The first-order valence-corrected chi connectivity index (χ1v) is 5.73. The number of alkyl halides is 2. The SMILES string of the molecule is C#CCCC(CCOCC(F)F)NCCC. The summed E-state index contributed by atoms with van der Waals surface area (Å²) in [5, 5.41) is 3.33. The van der Waals surface area contributed by atoms with Crippen LogP contribution in [0.25, 0.3) is 0 Å². The molecule has 1 atom stereocenters. The Balaban J connectivity index is 3.60. The lowest BCUT2D eigenvalue weighted by Crippen LogP contribution is -2.31. The molecular formula is C12H21F2NO. The number of ether oxygens (including phenoxy) is 1. The summed E-state index contributed by atoms with van der Waals surface area (Å²) in [5.41, 5.74) is 0. The highest BCUT2D eigenvalue weighted by molar-refractivity contribution is 4.85. The highest BCUT2D eigenvalue weighted by Gasteiger charge is 2.08. The summed E-state index contributed by atoms with van der Waals surface area (Å²) in [6.45, 7) is 2.88. The van der Waals surface area contributed by atoms with E-state index < -0.39 is 13.0 Å². The van der Waals surface area contributed by atoms with Crippen molar-refractivity contribution in [3.05, 3.63) is 0 Å². The fraction of sp³-hybridized carbons (Fsp3) is 0.833. The van der Waals surface area contributed by atoms with Crippen LogP contribution >= 0.6 is 0 Å². The van der Waals surface area contributed by atoms with Gasteiger partial charge in [-0.15, -0.1) is 12.3 Å². The lowest BCUT2D eigenvalue weighted by Gasteiger charge is -2.17. The maximum Gasteiger partial charge on any atom is 0.261 e. The molecule has 0 heterocycles. The lowest BCUT2D eigenvalue weighted by atomic mass is 10.1. The molecule has 0 aromatic rings.